The van der Waals surface area contributed by atoms with Crippen molar-refractivity contribution in [1.82, 2.24) is 10.6 Å². The van der Waals surface area contributed by atoms with E-state index in [9.17, 15) is 9.59 Å². The summed E-state index contributed by atoms with van der Waals surface area (Å²) in [7, 11) is 0. The molecule has 4 nitrogen and oxygen atoms in total. The first-order valence-corrected chi connectivity index (χ1v) is 8.00. The number of carbonyl (C=O) groups is 2. The van der Waals surface area contributed by atoms with Gasteiger partial charge < -0.3 is 10.6 Å². The zero-order valence-corrected chi connectivity index (χ0v) is 13.6. The molecule has 2 N–H and O–H groups in total. The van der Waals surface area contributed by atoms with Crippen LogP contribution in [0.3, 0.4) is 0 Å². The molecule has 0 fully saturated rings. The lowest BCUT2D eigenvalue weighted by Gasteiger charge is -2.08. The van der Waals surface area contributed by atoms with Gasteiger partial charge in [-0.25, -0.2) is 0 Å². The molecule has 0 spiro atoms. The number of rotatable bonds is 11. The standard InChI is InChI=1S/C16H32N2O2/c1-13(2)15(19)17-11-9-7-5-6-8-10-12-18-16(20)14(3)4/h13-14H,5-12H2,1-4H3,(H,17,19)(H,18,20). The smallest absolute Gasteiger partial charge is 0.222 e. The molecule has 0 aliphatic carbocycles. The van der Waals surface area contributed by atoms with Gasteiger partial charge in [0.2, 0.25) is 11.8 Å². The summed E-state index contributed by atoms with van der Waals surface area (Å²) in [6, 6.07) is 0. The van der Waals surface area contributed by atoms with Crippen LogP contribution in [0.1, 0.15) is 66.2 Å². The first-order chi connectivity index (χ1) is 9.45. The van der Waals surface area contributed by atoms with Gasteiger partial charge >= 0.3 is 0 Å². The molecule has 0 rings (SSSR count). The minimum absolute atomic E-state index is 0.0797. The fourth-order valence-corrected chi connectivity index (χ4v) is 1.79. The van der Waals surface area contributed by atoms with E-state index in [1.165, 1.54) is 12.8 Å². The highest BCUT2D eigenvalue weighted by atomic mass is 16.2. The van der Waals surface area contributed by atoms with E-state index in [0.29, 0.717) is 0 Å². The number of hydrogen-bond acceptors (Lipinski definition) is 2. The number of hydrogen-bond donors (Lipinski definition) is 2. The number of amides is 2. The molecule has 0 aromatic rings. The highest BCUT2D eigenvalue weighted by Crippen LogP contribution is 2.05. The molecule has 2 amide bonds. The van der Waals surface area contributed by atoms with E-state index in [1.54, 1.807) is 0 Å². The zero-order chi connectivity index (χ0) is 15.4. The van der Waals surface area contributed by atoms with E-state index in [1.807, 2.05) is 27.7 Å². The Kier molecular flexibility index (Phi) is 11.1. The summed E-state index contributed by atoms with van der Waals surface area (Å²) in [5.41, 5.74) is 0. The van der Waals surface area contributed by atoms with Crippen LogP contribution in [0.15, 0.2) is 0 Å². The molecule has 0 aliphatic rings. The molecule has 0 heterocycles. The van der Waals surface area contributed by atoms with Gasteiger partial charge in [-0.1, -0.05) is 53.4 Å². The Balaban J connectivity index is 3.21. The van der Waals surface area contributed by atoms with Gasteiger partial charge in [0, 0.05) is 24.9 Å². The van der Waals surface area contributed by atoms with Gasteiger partial charge in [0.25, 0.3) is 0 Å². The molecule has 0 unspecified atom stereocenters. The van der Waals surface area contributed by atoms with Gasteiger partial charge in [-0.2, -0.15) is 0 Å². The minimum Gasteiger partial charge on any atom is -0.356 e. The maximum absolute atomic E-state index is 11.3. The third kappa shape index (κ3) is 10.8. The van der Waals surface area contributed by atoms with Crippen LogP contribution in [-0.4, -0.2) is 24.9 Å². The second kappa shape index (κ2) is 11.7. The van der Waals surface area contributed by atoms with Crippen molar-refractivity contribution in [2.75, 3.05) is 13.1 Å². The van der Waals surface area contributed by atoms with Gasteiger partial charge in [0.15, 0.2) is 0 Å². The van der Waals surface area contributed by atoms with Crippen molar-refractivity contribution < 1.29 is 9.59 Å². The third-order valence-electron chi connectivity index (χ3n) is 3.25. The lowest BCUT2D eigenvalue weighted by molar-refractivity contribution is -0.124. The van der Waals surface area contributed by atoms with E-state index in [4.69, 9.17) is 0 Å². The van der Waals surface area contributed by atoms with Gasteiger partial charge in [-0.15, -0.1) is 0 Å². The van der Waals surface area contributed by atoms with Crippen LogP contribution in [0.5, 0.6) is 0 Å². The van der Waals surface area contributed by atoms with Gasteiger partial charge in [-0.05, 0) is 12.8 Å². The van der Waals surface area contributed by atoms with E-state index >= 15 is 0 Å². The molecule has 0 aromatic carbocycles. The summed E-state index contributed by atoms with van der Waals surface area (Å²) < 4.78 is 0. The fraction of sp³-hybridized carbons (Fsp3) is 0.875. The average Bonchev–Trinajstić information content (AvgIpc) is 2.39. The number of nitrogens with one attached hydrogen (secondary N) is 2. The van der Waals surface area contributed by atoms with Gasteiger partial charge in [0.1, 0.15) is 0 Å². The summed E-state index contributed by atoms with van der Waals surface area (Å²) in [4.78, 5) is 22.6. The first kappa shape index (κ1) is 18.9. The van der Waals surface area contributed by atoms with Crippen molar-refractivity contribution in [3.8, 4) is 0 Å². The predicted octanol–water partition coefficient (Wildman–Crippen LogP) is 2.87. The molecule has 4 heteroatoms. The number of carbonyl (C=O) groups excluding carboxylic acids is 2. The molecule has 0 atom stereocenters. The van der Waals surface area contributed by atoms with Crippen LogP contribution in [0, 0.1) is 11.8 Å². The van der Waals surface area contributed by atoms with Crippen molar-refractivity contribution in [3.63, 3.8) is 0 Å². The van der Waals surface area contributed by atoms with E-state index in [0.717, 1.165) is 38.8 Å². The van der Waals surface area contributed by atoms with Crippen molar-refractivity contribution in [2.45, 2.75) is 66.2 Å². The van der Waals surface area contributed by atoms with Crippen LogP contribution >= 0.6 is 0 Å². The molecular weight excluding hydrogens is 252 g/mol. The fourth-order valence-electron chi connectivity index (χ4n) is 1.79. The summed E-state index contributed by atoms with van der Waals surface area (Å²) in [6.45, 7) is 9.23. The van der Waals surface area contributed by atoms with Crippen LogP contribution in [-0.2, 0) is 9.59 Å². The Morgan fingerprint density at radius 3 is 1.25 bits per heavy atom. The second-order valence-corrected chi connectivity index (χ2v) is 6.01. The molecule has 0 aromatic heterocycles. The van der Waals surface area contributed by atoms with E-state index in [2.05, 4.69) is 10.6 Å². The normalized spacial score (nSPS) is 10.9. The maximum Gasteiger partial charge on any atom is 0.222 e. The van der Waals surface area contributed by atoms with E-state index < -0.39 is 0 Å². The van der Waals surface area contributed by atoms with Crippen molar-refractivity contribution >= 4 is 11.8 Å². The second-order valence-electron chi connectivity index (χ2n) is 6.01. The Labute approximate surface area is 124 Å². The summed E-state index contributed by atoms with van der Waals surface area (Å²) in [6.07, 6.45) is 6.85. The predicted molar refractivity (Wildman–Crippen MR) is 83.4 cm³/mol. The van der Waals surface area contributed by atoms with Crippen molar-refractivity contribution in [1.29, 1.82) is 0 Å². The number of unbranched alkanes of at least 4 members (excludes halogenated alkanes) is 5. The molecule has 0 saturated carbocycles. The Hall–Kier alpha value is -1.06. The molecule has 118 valence electrons. The topological polar surface area (TPSA) is 58.2 Å². The largest absolute Gasteiger partial charge is 0.356 e. The van der Waals surface area contributed by atoms with Crippen LogP contribution in [0.4, 0.5) is 0 Å². The zero-order valence-electron chi connectivity index (χ0n) is 13.6. The van der Waals surface area contributed by atoms with Crippen LogP contribution in [0.25, 0.3) is 0 Å². The van der Waals surface area contributed by atoms with Crippen molar-refractivity contribution in [3.05, 3.63) is 0 Å². The summed E-state index contributed by atoms with van der Waals surface area (Å²) in [5.74, 6) is 0.448. The van der Waals surface area contributed by atoms with Crippen LogP contribution in [0.2, 0.25) is 0 Å². The van der Waals surface area contributed by atoms with Crippen LogP contribution < -0.4 is 10.6 Å². The Bertz CT molecular complexity index is 248. The third-order valence-corrected chi connectivity index (χ3v) is 3.25. The Morgan fingerprint density at radius 2 is 0.950 bits per heavy atom. The lowest BCUT2D eigenvalue weighted by Crippen LogP contribution is -2.28. The van der Waals surface area contributed by atoms with Gasteiger partial charge in [-0.3, -0.25) is 9.59 Å². The Morgan fingerprint density at radius 1 is 0.650 bits per heavy atom. The monoisotopic (exact) mass is 284 g/mol. The molecule has 0 radical (unpaired) electrons. The minimum atomic E-state index is 0.0797. The van der Waals surface area contributed by atoms with Gasteiger partial charge in [0.05, 0.1) is 0 Å². The quantitative estimate of drug-likeness (QED) is 0.573. The average molecular weight is 284 g/mol. The molecular formula is C16H32N2O2. The molecule has 0 saturated heterocycles. The maximum atomic E-state index is 11.3. The first-order valence-electron chi connectivity index (χ1n) is 8.00. The highest BCUT2D eigenvalue weighted by molar-refractivity contribution is 5.78. The summed E-state index contributed by atoms with van der Waals surface area (Å²) in [5, 5.41) is 5.86. The highest BCUT2D eigenvalue weighted by Gasteiger charge is 2.05. The molecule has 0 bridgehead atoms. The lowest BCUT2D eigenvalue weighted by atomic mass is 10.1. The van der Waals surface area contributed by atoms with Crippen molar-refractivity contribution in [2.24, 2.45) is 11.8 Å². The van der Waals surface area contributed by atoms with E-state index in [-0.39, 0.29) is 23.7 Å². The SMILES string of the molecule is CC(C)C(=O)NCCCCCCCCNC(=O)C(C)C. The molecule has 0 aliphatic heterocycles. The molecule has 20 heavy (non-hydrogen) atoms. The summed E-state index contributed by atoms with van der Waals surface area (Å²) >= 11 is 0.